The van der Waals surface area contributed by atoms with Gasteiger partial charge in [0.2, 0.25) is 5.89 Å². The van der Waals surface area contributed by atoms with Gasteiger partial charge in [-0.3, -0.25) is 0 Å². The van der Waals surface area contributed by atoms with Crippen LogP contribution in [0.25, 0.3) is 11.5 Å². The van der Waals surface area contributed by atoms with Crippen molar-refractivity contribution in [1.82, 2.24) is 10.2 Å². The maximum atomic E-state index is 10.6. The second-order valence-electron chi connectivity index (χ2n) is 2.84. The van der Waals surface area contributed by atoms with E-state index in [0.29, 0.717) is 15.1 Å². The Bertz CT molecular complexity index is 555. The lowest BCUT2D eigenvalue weighted by Crippen LogP contribution is -1.95. The number of hydrogen-bond donors (Lipinski definition) is 1. The first-order chi connectivity index (χ1) is 7.58. The van der Waals surface area contributed by atoms with Crippen LogP contribution < -0.4 is 0 Å². The minimum absolute atomic E-state index is 0.126. The van der Waals surface area contributed by atoms with E-state index in [2.05, 4.69) is 26.1 Å². The van der Waals surface area contributed by atoms with Crippen molar-refractivity contribution in [3.63, 3.8) is 0 Å². The maximum Gasteiger partial charge on any atom is 0.393 e. The number of halogens is 2. The molecule has 0 spiro atoms. The number of hydrogen-bond acceptors (Lipinski definition) is 4. The Balaban J connectivity index is 2.46. The number of carbonyl (C=O) groups is 1. The fraction of sp³-hybridized carbons (Fsp3) is 0. The molecule has 0 saturated heterocycles. The normalized spacial score (nSPS) is 10.4. The highest BCUT2D eigenvalue weighted by Gasteiger charge is 2.16. The monoisotopic (exact) mass is 302 g/mol. The zero-order chi connectivity index (χ0) is 11.7. The molecule has 0 bridgehead atoms. The summed E-state index contributed by atoms with van der Waals surface area (Å²) in [7, 11) is 0. The van der Waals surface area contributed by atoms with Gasteiger partial charge in [0.05, 0.1) is 5.56 Å². The minimum atomic E-state index is -1.26. The Morgan fingerprint density at radius 2 is 2.19 bits per heavy atom. The van der Waals surface area contributed by atoms with Crippen LogP contribution in [0.4, 0.5) is 0 Å². The van der Waals surface area contributed by atoms with Gasteiger partial charge in [0.25, 0.3) is 0 Å². The van der Waals surface area contributed by atoms with Crippen LogP contribution in [-0.4, -0.2) is 21.3 Å². The van der Waals surface area contributed by atoms with E-state index >= 15 is 0 Å². The Morgan fingerprint density at radius 3 is 2.75 bits per heavy atom. The molecule has 1 aromatic carbocycles. The maximum absolute atomic E-state index is 10.6. The molecule has 0 fully saturated rings. The highest BCUT2D eigenvalue weighted by Crippen LogP contribution is 2.29. The molecule has 16 heavy (non-hydrogen) atoms. The second kappa shape index (κ2) is 4.23. The third kappa shape index (κ3) is 2.07. The van der Waals surface area contributed by atoms with Crippen molar-refractivity contribution in [2.75, 3.05) is 0 Å². The lowest BCUT2D eigenvalue weighted by molar-refractivity contribution is 0.0654. The molecule has 7 heteroatoms. The van der Waals surface area contributed by atoms with Gasteiger partial charge < -0.3 is 9.52 Å². The number of benzene rings is 1. The van der Waals surface area contributed by atoms with Gasteiger partial charge >= 0.3 is 11.9 Å². The van der Waals surface area contributed by atoms with Crippen LogP contribution in [-0.2, 0) is 0 Å². The average Bonchev–Trinajstić information content (AvgIpc) is 2.66. The highest BCUT2D eigenvalue weighted by atomic mass is 79.9. The molecule has 0 atom stereocenters. The van der Waals surface area contributed by atoms with Gasteiger partial charge in [-0.15, -0.1) is 10.2 Å². The van der Waals surface area contributed by atoms with E-state index in [1.165, 1.54) is 0 Å². The number of rotatable bonds is 2. The van der Waals surface area contributed by atoms with Gasteiger partial charge in [-0.25, -0.2) is 4.79 Å². The van der Waals surface area contributed by atoms with Crippen molar-refractivity contribution in [3.05, 3.63) is 33.6 Å². The molecular weight excluding hydrogens is 299 g/mol. The number of aromatic nitrogens is 2. The quantitative estimate of drug-likeness (QED) is 0.923. The van der Waals surface area contributed by atoms with Crippen molar-refractivity contribution in [3.8, 4) is 11.5 Å². The summed E-state index contributed by atoms with van der Waals surface area (Å²) in [5.41, 5.74) is 0.587. The van der Waals surface area contributed by atoms with Crippen LogP contribution in [0.1, 0.15) is 10.7 Å². The Labute approximate surface area is 103 Å². The molecule has 2 aromatic rings. The van der Waals surface area contributed by atoms with Crippen molar-refractivity contribution in [2.24, 2.45) is 0 Å². The van der Waals surface area contributed by atoms with E-state index in [0.717, 1.165) is 0 Å². The topological polar surface area (TPSA) is 76.2 Å². The van der Waals surface area contributed by atoms with Crippen LogP contribution in [0.2, 0.25) is 5.02 Å². The molecule has 0 saturated carbocycles. The van der Waals surface area contributed by atoms with E-state index in [1.807, 2.05) is 0 Å². The van der Waals surface area contributed by atoms with Crippen molar-refractivity contribution in [2.45, 2.75) is 0 Å². The summed E-state index contributed by atoms with van der Waals surface area (Å²) in [5.74, 6) is -1.58. The molecule has 0 aliphatic carbocycles. The van der Waals surface area contributed by atoms with Gasteiger partial charge in [0.1, 0.15) is 0 Å². The fourth-order valence-electron chi connectivity index (χ4n) is 1.08. The zero-order valence-electron chi connectivity index (χ0n) is 7.65. The van der Waals surface area contributed by atoms with E-state index in [1.54, 1.807) is 18.2 Å². The molecule has 5 nitrogen and oxygen atoms in total. The SMILES string of the molecule is O=C(O)c1nnc(-c2ccc(Cl)cc2Br)o1. The lowest BCUT2D eigenvalue weighted by Gasteiger charge is -1.98. The molecular formula is C9H4BrClN2O3. The summed E-state index contributed by atoms with van der Waals surface area (Å²) in [4.78, 5) is 10.6. The van der Waals surface area contributed by atoms with Crippen LogP contribution in [0.5, 0.6) is 0 Å². The molecule has 0 unspecified atom stereocenters. The summed E-state index contributed by atoms with van der Waals surface area (Å²) in [6, 6.07) is 4.96. The van der Waals surface area contributed by atoms with Crippen LogP contribution in [0, 0.1) is 0 Å². The molecule has 0 aliphatic heterocycles. The van der Waals surface area contributed by atoms with E-state index in [-0.39, 0.29) is 5.89 Å². The Kier molecular flexibility index (Phi) is 2.93. The molecule has 0 aliphatic rings. The van der Waals surface area contributed by atoms with E-state index in [9.17, 15) is 4.79 Å². The molecule has 2 rings (SSSR count). The van der Waals surface area contributed by atoms with Crippen LogP contribution in [0.15, 0.2) is 27.1 Å². The van der Waals surface area contributed by atoms with E-state index < -0.39 is 11.9 Å². The molecule has 1 N–H and O–H groups in total. The first kappa shape index (κ1) is 11.1. The van der Waals surface area contributed by atoms with Gasteiger partial charge in [-0.2, -0.15) is 0 Å². The predicted molar refractivity (Wildman–Crippen MR) is 59.4 cm³/mol. The summed E-state index contributed by atoms with van der Waals surface area (Å²) in [5, 5.41) is 16.2. The molecule has 82 valence electrons. The van der Waals surface area contributed by atoms with Crippen molar-refractivity contribution in [1.29, 1.82) is 0 Å². The summed E-state index contributed by atoms with van der Waals surface area (Å²) in [6.45, 7) is 0. The number of nitrogens with zero attached hydrogens (tertiary/aromatic N) is 2. The third-order valence-electron chi connectivity index (χ3n) is 1.77. The molecule has 1 aromatic heterocycles. The first-order valence-corrected chi connectivity index (χ1v) is 5.27. The molecule has 1 heterocycles. The Hall–Kier alpha value is -1.40. The number of carboxylic acids is 1. The Morgan fingerprint density at radius 1 is 1.44 bits per heavy atom. The predicted octanol–water partition coefficient (Wildman–Crippen LogP) is 2.85. The lowest BCUT2D eigenvalue weighted by atomic mass is 10.2. The summed E-state index contributed by atoms with van der Waals surface area (Å²) < 4.78 is 5.61. The van der Waals surface area contributed by atoms with Gasteiger partial charge in [0, 0.05) is 9.50 Å². The minimum Gasteiger partial charge on any atom is -0.474 e. The van der Waals surface area contributed by atoms with Gasteiger partial charge in [-0.1, -0.05) is 11.6 Å². The smallest absolute Gasteiger partial charge is 0.393 e. The molecule has 0 radical (unpaired) electrons. The largest absolute Gasteiger partial charge is 0.474 e. The average molecular weight is 303 g/mol. The van der Waals surface area contributed by atoms with E-state index in [4.69, 9.17) is 21.1 Å². The van der Waals surface area contributed by atoms with Crippen molar-refractivity contribution < 1.29 is 14.3 Å². The standard InChI is InChI=1S/C9H4BrClN2O3/c10-6-3-4(11)1-2-5(6)7-12-13-8(16-7)9(14)15/h1-3H,(H,14,15). The van der Waals surface area contributed by atoms with Crippen LogP contribution >= 0.6 is 27.5 Å². The zero-order valence-corrected chi connectivity index (χ0v) is 9.99. The van der Waals surface area contributed by atoms with Gasteiger partial charge in [0.15, 0.2) is 0 Å². The first-order valence-electron chi connectivity index (χ1n) is 4.10. The number of carboxylic acid groups (broad SMARTS) is 1. The highest BCUT2D eigenvalue weighted by molar-refractivity contribution is 9.10. The molecule has 0 amide bonds. The third-order valence-corrected chi connectivity index (χ3v) is 2.66. The number of aromatic carboxylic acids is 1. The fourth-order valence-corrected chi connectivity index (χ4v) is 1.93. The van der Waals surface area contributed by atoms with Gasteiger partial charge in [-0.05, 0) is 34.1 Å². The van der Waals surface area contributed by atoms with Crippen LogP contribution in [0.3, 0.4) is 0 Å². The summed E-state index contributed by atoms with van der Waals surface area (Å²) >= 11 is 9.04. The second-order valence-corrected chi connectivity index (χ2v) is 4.13. The summed E-state index contributed by atoms with van der Waals surface area (Å²) in [6.07, 6.45) is 0. The van der Waals surface area contributed by atoms with Crippen molar-refractivity contribution >= 4 is 33.5 Å².